The van der Waals surface area contributed by atoms with Gasteiger partial charge in [-0.25, -0.2) is 4.79 Å². The number of anilines is 1. The van der Waals surface area contributed by atoms with Crippen LogP contribution in [0.1, 0.15) is 34.6 Å². The van der Waals surface area contributed by atoms with E-state index in [0.717, 1.165) is 0 Å². The zero-order valence-electron chi connectivity index (χ0n) is 13.4. The van der Waals surface area contributed by atoms with E-state index in [-0.39, 0.29) is 12.2 Å². The van der Waals surface area contributed by atoms with E-state index >= 15 is 0 Å². The molecule has 7 nitrogen and oxygen atoms in total. The van der Waals surface area contributed by atoms with Crippen LogP contribution in [-0.2, 0) is 4.74 Å². The van der Waals surface area contributed by atoms with Gasteiger partial charge in [0.2, 0.25) is 0 Å². The molecule has 0 unspecified atom stereocenters. The first-order chi connectivity index (χ1) is 9.98. The molecular weight excluding hydrogens is 288 g/mol. The SMILES string of the molecule is CC(C)(C)OC(=O)N1CC(C)(C)Oc2ccc([N+](=O)[O-])cc21. The molecule has 1 amide bonds. The van der Waals surface area contributed by atoms with Crippen molar-refractivity contribution in [3.8, 4) is 5.75 Å². The second-order valence-corrected chi connectivity index (χ2v) is 6.84. The summed E-state index contributed by atoms with van der Waals surface area (Å²) in [5.41, 5.74) is -1.01. The van der Waals surface area contributed by atoms with Crippen molar-refractivity contribution >= 4 is 17.5 Å². The van der Waals surface area contributed by atoms with Gasteiger partial charge in [-0.05, 0) is 40.7 Å². The first kappa shape index (κ1) is 16.1. The van der Waals surface area contributed by atoms with E-state index in [1.807, 2.05) is 13.8 Å². The molecule has 0 radical (unpaired) electrons. The standard InChI is InChI=1S/C15H20N2O5/c1-14(2,3)22-13(18)16-9-15(4,5)21-12-7-6-10(17(19)20)8-11(12)16/h6-8H,9H2,1-5H3. The molecule has 7 heteroatoms. The maximum Gasteiger partial charge on any atom is 0.415 e. The highest BCUT2D eigenvalue weighted by atomic mass is 16.6. The van der Waals surface area contributed by atoms with Crippen molar-refractivity contribution in [3.63, 3.8) is 0 Å². The predicted molar refractivity (Wildman–Crippen MR) is 81.4 cm³/mol. The Balaban J connectivity index is 2.44. The summed E-state index contributed by atoms with van der Waals surface area (Å²) in [6.45, 7) is 9.24. The van der Waals surface area contributed by atoms with Gasteiger partial charge in [0.15, 0.2) is 0 Å². The van der Waals surface area contributed by atoms with Gasteiger partial charge in [-0.3, -0.25) is 15.0 Å². The molecule has 1 aromatic rings. The van der Waals surface area contributed by atoms with Crippen molar-refractivity contribution < 1.29 is 19.2 Å². The number of fused-ring (bicyclic) bond motifs is 1. The van der Waals surface area contributed by atoms with Gasteiger partial charge in [0.25, 0.3) is 5.69 Å². The lowest BCUT2D eigenvalue weighted by Crippen LogP contribution is -2.50. The number of ether oxygens (including phenoxy) is 2. The molecule has 0 saturated carbocycles. The van der Waals surface area contributed by atoms with E-state index in [4.69, 9.17) is 9.47 Å². The minimum Gasteiger partial charge on any atom is -0.484 e. The predicted octanol–water partition coefficient (Wildman–Crippen LogP) is 3.51. The molecule has 0 aliphatic carbocycles. The van der Waals surface area contributed by atoms with Gasteiger partial charge in [-0.1, -0.05) is 0 Å². The third kappa shape index (κ3) is 3.47. The van der Waals surface area contributed by atoms with Crippen LogP contribution in [0.25, 0.3) is 0 Å². The molecule has 0 atom stereocenters. The van der Waals surface area contributed by atoms with Crippen LogP contribution in [0.4, 0.5) is 16.2 Å². The molecule has 1 aliphatic heterocycles. The zero-order valence-corrected chi connectivity index (χ0v) is 13.4. The maximum absolute atomic E-state index is 12.4. The fourth-order valence-electron chi connectivity index (χ4n) is 2.19. The smallest absolute Gasteiger partial charge is 0.415 e. The number of hydrogen-bond donors (Lipinski definition) is 0. The van der Waals surface area contributed by atoms with E-state index < -0.39 is 22.2 Å². The minimum absolute atomic E-state index is 0.101. The molecular formula is C15H20N2O5. The van der Waals surface area contributed by atoms with Gasteiger partial charge in [0.1, 0.15) is 17.0 Å². The summed E-state index contributed by atoms with van der Waals surface area (Å²) >= 11 is 0. The highest BCUT2D eigenvalue weighted by Crippen LogP contribution is 2.39. The van der Waals surface area contributed by atoms with Crippen LogP contribution in [0.15, 0.2) is 18.2 Å². The first-order valence-corrected chi connectivity index (χ1v) is 6.96. The van der Waals surface area contributed by atoms with E-state index in [2.05, 4.69) is 0 Å². The summed E-state index contributed by atoms with van der Waals surface area (Å²) in [5, 5.41) is 10.9. The summed E-state index contributed by atoms with van der Waals surface area (Å²) in [7, 11) is 0. The number of nitro benzene ring substituents is 1. The lowest BCUT2D eigenvalue weighted by molar-refractivity contribution is -0.384. The van der Waals surface area contributed by atoms with Gasteiger partial charge in [-0.15, -0.1) is 0 Å². The second kappa shape index (κ2) is 5.15. The number of carbonyl (C=O) groups is 1. The van der Waals surface area contributed by atoms with Gasteiger partial charge in [0, 0.05) is 12.1 Å². The van der Waals surface area contributed by atoms with Crippen molar-refractivity contribution in [2.75, 3.05) is 11.4 Å². The number of carbonyl (C=O) groups excluding carboxylic acids is 1. The Bertz CT molecular complexity index is 619. The van der Waals surface area contributed by atoms with Crippen LogP contribution in [-0.4, -0.2) is 28.8 Å². The minimum atomic E-state index is -0.652. The number of amides is 1. The summed E-state index contributed by atoms with van der Waals surface area (Å²) in [6, 6.07) is 4.19. The number of benzene rings is 1. The third-order valence-electron chi connectivity index (χ3n) is 2.98. The van der Waals surface area contributed by atoms with Crippen molar-refractivity contribution in [1.82, 2.24) is 0 Å². The lowest BCUT2D eigenvalue weighted by Gasteiger charge is -2.39. The van der Waals surface area contributed by atoms with E-state index in [9.17, 15) is 14.9 Å². The van der Waals surface area contributed by atoms with Crippen LogP contribution >= 0.6 is 0 Å². The largest absolute Gasteiger partial charge is 0.484 e. The van der Waals surface area contributed by atoms with E-state index in [1.165, 1.54) is 23.1 Å². The molecule has 0 fully saturated rings. The van der Waals surface area contributed by atoms with Crippen LogP contribution in [0, 0.1) is 10.1 Å². The number of non-ortho nitro benzene ring substituents is 1. The molecule has 0 aromatic heterocycles. The Labute approximate surface area is 129 Å². The fraction of sp³-hybridized carbons (Fsp3) is 0.533. The van der Waals surface area contributed by atoms with Gasteiger partial charge in [-0.2, -0.15) is 0 Å². The van der Waals surface area contributed by atoms with Crippen LogP contribution < -0.4 is 9.64 Å². The second-order valence-electron chi connectivity index (χ2n) is 6.84. The molecule has 0 bridgehead atoms. The van der Waals surface area contributed by atoms with Gasteiger partial charge >= 0.3 is 6.09 Å². The summed E-state index contributed by atoms with van der Waals surface area (Å²) in [4.78, 5) is 24.3. The number of hydrogen-bond acceptors (Lipinski definition) is 5. The zero-order chi connectivity index (χ0) is 16.7. The third-order valence-corrected chi connectivity index (χ3v) is 2.98. The molecule has 120 valence electrons. The van der Waals surface area contributed by atoms with Crippen molar-refractivity contribution in [1.29, 1.82) is 0 Å². The molecule has 1 aliphatic rings. The molecule has 0 N–H and O–H groups in total. The Morgan fingerprint density at radius 2 is 2.05 bits per heavy atom. The molecule has 0 spiro atoms. The highest BCUT2D eigenvalue weighted by Gasteiger charge is 2.37. The Kier molecular flexibility index (Phi) is 3.76. The van der Waals surface area contributed by atoms with Crippen molar-refractivity contribution in [2.45, 2.75) is 45.8 Å². The average Bonchev–Trinajstić information content (AvgIpc) is 2.33. The maximum atomic E-state index is 12.4. The van der Waals surface area contributed by atoms with Crippen LogP contribution in [0.5, 0.6) is 5.75 Å². The molecule has 1 heterocycles. The number of rotatable bonds is 1. The Hall–Kier alpha value is -2.31. The number of nitrogens with zero attached hydrogens (tertiary/aromatic N) is 2. The normalized spacial score (nSPS) is 16.5. The average molecular weight is 308 g/mol. The summed E-state index contributed by atoms with van der Waals surface area (Å²) in [6.07, 6.45) is -0.550. The van der Waals surface area contributed by atoms with E-state index in [1.54, 1.807) is 20.8 Å². The fourth-order valence-corrected chi connectivity index (χ4v) is 2.19. The van der Waals surface area contributed by atoms with E-state index in [0.29, 0.717) is 11.4 Å². The van der Waals surface area contributed by atoms with Crippen LogP contribution in [0.3, 0.4) is 0 Å². The van der Waals surface area contributed by atoms with Crippen molar-refractivity contribution in [2.24, 2.45) is 0 Å². The highest BCUT2D eigenvalue weighted by molar-refractivity contribution is 5.91. The summed E-state index contributed by atoms with van der Waals surface area (Å²) < 4.78 is 11.2. The van der Waals surface area contributed by atoms with Gasteiger partial charge in [0.05, 0.1) is 17.2 Å². The first-order valence-electron chi connectivity index (χ1n) is 6.96. The molecule has 1 aromatic carbocycles. The Morgan fingerprint density at radius 3 is 2.59 bits per heavy atom. The Morgan fingerprint density at radius 1 is 1.41 bits per heavy atom. The molecule has 0 saturated heterocycles. The molecule has 2 rings (SSSR count). The van der Waals surface area contributed by atoms with Gasteiger partial charge < -0.3 is 9.47 Å². The topological polar surface area (TPSA) is 81.9 Å². The quantitative estimate of drug-likeness (QED) is 0.585. The lowest BCUT2D eigenvalue weighted by atomic mass is 10.1. The summed E-state index contributed by atoms with van der Waals surface area (Å²) in [5.74, 6) is 0.424. The number of nitro groups is 1. The monoisotopic (exact) mass is 308 g/mol. The molecule has 22 heavy (non-hydrogen) atoms. The van der Waals surface area contributed by atoms with Crippen LogP contribution in [0.2, 0.25) is 0 Å². The van der Waals surface area contributed by atoms with Crippen molar-refractivity contribution in [3.05, 3.63) is 28.3 Å².